The third kappa shape index (κ3) is 4.16. The van der Waals surface area contributed by atoms with E-state index in [1.807, 2.05) is 0 Å². The Hall–Kier alpha value is -2.10. The molecule has 0 aliphatic carbocycles. The van der Waals surface area contributed by atoms with Gasteiger partial charge in [-0.25, -0.2) is 4.98 Å². The number of aryl methyl sites for hydroxylation is 1. The minimum atomic E-state index is -5.01. The van der Waals surface area contributed by atoms with Crippen LogP contribution in [0, 0.1) is 0 Å². The maximum atomic E-state index is 13.5. The van der Waals surface area contributed by atoms with Crippen LogP contribution in [0.4, 0.5) is 13.2 Å². The number of nitrogens with one attached hydrogen (secondary N) is 1. The molecule has 0 aliphatic rings. The maximum absolute atomic E-state index is 13.5. The van der Waals surface area contributed by atoms with Crippen molar-refractivity contribution in [2.45, 2.75) is 37.1 Å². The average Bonchev–Trinajstić information content (AvgIpc) is 3.06. The van der Waals surface area contributed by atoms with Crippen LogP contribution < -0.4 is 5.32 Å². The average molecular weight is 420 g/mol. The monoisotopic (exact) mass is 419 g/mol. The van der Waals surface area contributed by atoms with E-state index in [2.05, 4.69) is 10.3 Å². The van der Waals surface area contributed by atoms with Crippen LogP contribution in [0.15, 0.2) is 36.7 Å². The molecule has 0 bridgehead atoms. The number of imidazole rings is 1. The zero-order chi connectivity index (χ0) is 21.2. The molecule has 28 heavy (non-hydrogen) atoms. The molecule has 0 fully saturated rings. The molecule has 0 spiro atoms. The number of rotatable bonds is 7. The number of halogens is 4. The summed E-state index contributed by atoms with van der Waals surface area (Å²) in [6.07, 6.45) is -3.49. The van der Waals surface area contributed by atoms with Gasteiger partial charge in [0.25, 0.3) is 5.91 Å². The number of hydrogen-bond acceptors (Lipinski definition) is 4. The molecule has 10 heteroatoms. The van der Waals surface area contributed by atoms with Crippen LogP contribution in [0.2, 0.25) is 5.02 Å². The summed E-state index contributed by atoms with van der Waals surface area (Å²) < 4.78 is 41.6. The number of aromatic nitrogens is 2. The molecular formula is C18H21ClF3N3O3. The van der Waals surface area contributed by atoms with E-state index in [0.717, 1.165) is 10.8 Å². The summed E-state index contributed by atoms with van der Waals surface area (Å²) >= 11 is 5.89. The topological polar surface area (TPSA) is 87.4 Å². The highest BCUT2D eigenvalue weighted by Gasteiger charge is 2.57. The van der Waals surface area contributed by atoms with Crippen LogP contribution >= 0.6 is 11.6 Å². The van der Waals surface area contributed by atoms with Gasteiger partial charge in [0.1, 0.15) is 5.82 Å². The van der Waals surface area contributed by atoms with Crippen LogP contribution in [0.3, 0.4) is 0 Å². The number of alkyl halides is 3. The smallest absolute Gasteiger partial charge is 0.375 e. The summed E-state index contributed by atoms with van der Waals surface area (Å²) in [4.78, 5) is 16.1. The predicted molar refractivity (Wildman–Crippen MR) is 96.4 cm³/mol. The Balaban J connectivity index is 2.17. The highest BCUT2D eigenvalue weighted by atomic mass is 35.5. The molecule has 1 amide bonds. The first-order valence-corrected chi connectivity index (χ1v) is 8.87. The van der Waals surface area contributed by atoms with E-state index in [1.165, 1.54) is 25.4 Å². The normalized spacial score (nSPS) is 16.3. The van der Waals surface area contributed by atoms with Crippen LogP contribution in [-0.2, 0) is 23.0 Å². The lowest BCUT2D eigenvalue weighted by Crippen LogP contribution is -2.49. The van der Waals surface area contributed by atoms with Gasteiger partial charge in [0.15, 0.2) is 5.60 Å². The first-order valence-electron chi connectivity index (χ1n) is 8.49. The Morgan fingerprint density at radius 1 is 1.32 bits per heavy atom. The van der Waals surface area contributed by atoms with Crippen LogP contribution in [0.25, 0.3) is 0 Å². The molecule has 1 aromatic carbocycles. The summed E-state index contributed by atoms with van der Waals surface area (Å²) in [6.45, 7) is 1.02. The lowest BCUT2D eigenvalue weighted by Gasteiger charge is -2.31. The third-order valence-electron chi connectivity index (χ3n) is 4.62. The quantitative estimate of drug-likeness (QED) is 0.644. The van der Waals surface area contributed by atoms with Gasteiger partial charge in [0.05, 0.1) is 0 Å². The van der Waals surface area contributed by atoms with Crippen molar-refractivity contribution in [1.29, 1.82) is 0 Å². The van der Waals surface area contributed by atoms with Crippen molar-refractivity contribution in [3.05, 3.63) is 53.1 Å². The van der Waals surface area contributed by atoms with E-state index in [1.54, 1.807) is 19.1 Å². The van der Waals surface area contributed by atoms with Gasteiger partial charge in [0, 0.05) is 37.4 Å². The second-order valence-corrected chi connectivity index (χ2v) is 6.89. The summed E-state index contributed by atoms with van der Waals surface area (Å²) in [5.41, 5.74) is -5.00. The predicted octanol–water partition coefficient (Wildman–Crippen LogP) is 2.63. The van der Waals surface area contributed by atoms with E-state index in [9.17, 15) is 28.2 Å². The summed E-state index contributed by atoms with van der Waals surface area (Å²) in [5.74, 6) is -1.48. The highest BCUT2D eigenvalue weighted by molar-refractivity contribution is 6.30. The number of aliphatic hydroxyl groups is 2. The second kappa shape index (κ2) is 8.10. The maximum Gasteiger partial charge on any atom is 0.424 e. The fourth-order valence-corrected chi connectivity index (χ4v) is 3.08. The van der Waals surface area contributed by atoms with E-state index in [4.69, 9.17) is 11.6 Å². The molecule has 1 aromatic heterocycles. The Morgan fingerprint density at radius 3 is 2.50 bits per heavy atom. The van der Waals surface area contributed by atoms with Gasteiger partial charge >= 0.3 is 6.18 Å². The summed E-state index contributed by atoms with van der Waals surface area (Å²) in [7, 11) is 1.33. The number of carbonyl (C=O) groups excluding carboxylic acids is 1. The lowest BCUT2D eigenvalue weighted by atomic mass is 9.90. The zero-order valence-electron chi connectivity index (χ0n) is 15.3. The van der Waals surface area contributed by atoms with Crippen molar-refractivity contribution in [2.75, 3.05) is 6.54 Å². The number of hydrogen-bond donors (Lipinski definition) is 3. The number of benzene rings is 1. The number of amides is 1. The van der Waals surface area contributed by atoms with Crippen molar-refractivity contribution in [1.82, 2.24) is 14.9 Å². The summed E-state index contributed by atoms with van der Waals surface area (Å²) in [6, 6.07) is 6.02. The highest BCUT2D eigenvalue weighted by Crippen LogP contribution is 2.40. The Morgan fingerprint density at radius 2 is 2.00 bits per heavy atom. The van der Waals surface area contributed by atoms with Gasteiger partial charge in [-0.05, 0) is 24.1 Å². The molecule has 0 saturated heterocycles. The van der Waals surface area contributed by atoms with E-state index >= 15 is 0 Å². The molecule has 2 atom stereocenters. The van der Waals surface area contributed by atoms with Crippen molar-refractivity contribution >= 4 is 17.5 Å². The van der Waals surface area contributed by atoms with Gasteiger partial charge in [-0.2, -0.15) is 13.2 Å². The Bertz CT molecular complexity index is 843. The molecular weight excluding hydrogens is 399 g/mol. The van der Waals surface area contributed by atoms with Crippen LogP contribution in [0.5, 0.6) is 0 Å². The fraction of sp³-hybridized carbons (Fsp3) is 0.444. The van der Waals surface area contributed by atoms with Crippen LogP contribution in [-0.4, -0.2) is 38.4 Å². The molecule has 0 aliphatic heterocycles. The molecule has 2 rings (SSSR count). The largest absolute Gasteiger partial charge is 0.424 e. The van der Waals surface area contributed by atoms with Gasteiger partial charge in [-0.3, -0.25) is 4.79 Å². The van der Waals surface area contributed by atoms with Crippen molar-refractivity contribution in [3.63, 3.8) is 0 Å². The molecule has 0 radical (unpaired) electrons. The van der Waals surface area contributed by atoms with Gasteiger partial charge in [-0.1, -0.05) is 30.7 Å². The number of nitrogens with zero attached hydrogens (tertiary/aromatic N) is 2. The Kier molecular flexibility index (Phi) is 6.42. The van der Waals surface area contributed by atoms with E-state index in [0.29, 0.717) is 5.02 Å². The SMILES string of the molecule is CC[C@@](O)(C(=O)NCC[C@@](O)(c1nccn1C)C(F)(F)F)c1cccc(Cl)c1. The molecule has 0 unspecified atom stereocenters. The minimum absolute atomic E-state index is 0.0257. The molecule has 0 saturated carbocycles. The van der Waals surface area contributed by atoms with Crippen molar-refractivity contribution < 1.29 is 28.2 Å². The van der Waals surface area contributed by atoms with E-state index in [-0.39, 0.29) is 12.0 Å². The first-order chi connectivity index (χ1) is 13.0. The molecule has 6 nitrogen and oxygen atoms in total. The van der Waals surface area contributed by atoms with Crippen molar-refractivity contribution in [2.24, 2.45) is 7.05 Å². The zero-order valence-corrected chi connectivity index (χ0v) is 16.1. The molecule has 1 heterocycles. The molecule has 2 aromatic rings. The van der Waals surface area contributed by atoms with Gasteiger partial charge < -0.3 is 20.1 Å². The third-order valence-corrected chi connectivity index (χ3v) is 4.86. The minimum Gasteiger partial charge on any atom is -0.375 e. The second-order valence-electron chi connectivity index (χ2n) is 6.45. The molecule has 3 N–H and O–H groups in total. The van der Waals surface area contributed by atoms with Crippen molar-refractivity contribution in [3.8, 4) is 0 Å². The number of carbonyl (C=O) groups is 1. The van der Waals surface area contributed by atoms with Gasteiger partial charge in [-0.15, -0.1) is 0 Å². The standard InChI is InChI=1S/C18H21ClF3N3O3/c1-3-16(27,12-5-4-6-13(19)11-12)15(26)24-8-7-17(28,18(20,21)22)14-23-9-10-25(14)2/h4-6,9-11,27-28H,3,7-8H2,1-2H3,(H,24,26)/t16-,17+/m0/s1. The fourth-order valence-electron chi connectivity index (χ4n) is 2.89. The van der Waals surface area contributed by atoms with Crippen LogP contribution in [0.1, 0.15) is 31.2 Å². The van der Waals surface area contributed by atoms with E-state index < -0.39 is 42.1 Å². The summed E-state index contributed by atoms with van der Waals surface area (Å²) in [5, 5.41) is 23.6. The lowest BCUT2D eigenvalue weighted by molar-refractivity contribution is -0.272. The van der Waals surface area contributed by atoms with Gasteiger partial charge in [0.2, 0.25) is 5.60 Å². The molecule has 154 valence electrons. The first kappa shape index (κ1) is 22.2. The Labute approximate surface area is 165 Å².